The summed E-state index contributed by atoms with van der Waals surface area (Å²) in [6.07, 6.45) is 3.62. The summed E-state index contributed by atoms with van der Waals surface area (Å²) >= 11 is 0. The molecule has 0 aliphatic carbocycles. The van der Waals surface area contributed by atoms with E-state index in [0.29, 0.717) is 12.1 Å². The van der Waals surface area contributed by atoms with Crippen molar-refractivity contribution in [3.05, 3.63) is 0 Å². The summed E-state index contributed by atoms with van der Waals surface area (Å²) in [5.41, 5.74) is 0. The Hall–Kier alpha value is -0.650. The van der Waals surface area contributed by atoms with Crippen LogP contribution < -0.4 is 0 Å². The van der Waals surface area contributed by atoms with Gasteiger partial charge >= 0.3 is 5.97 Å². The van der Waals surface area contributed by atoms with E-state index in [0.717, 1.165) is 32.6 Å². The molecular formula is C15H29N3O2. The lowest BCUT2D eigenvalue weighted by Gasteiger charge is -2.39. The number of carboxylic acids is 1. The average molecular weight is 283 g/mol. The first-order chi connectivity index (χ1) is 9.56. The number of aliphatic carboxylic acids is 1. The van der Waals surface area contributed by atoms with Crippen LogP contribution in [0.4, 0.5) is 0 Å². The first-order valence-electron chi connectivity index (χ1n) is 7.98. The Bertz CT molecular complexity index is 314. The van der Waals surface area contributed by atoms with Crippen LogP contribution in [0.1, 0.15) is 33.1 Å². The predicted octanol–water partition coefficient (Wildman–Crippen LogP) is 0.952. The zero-order valence-corrected chi connectivity index (χ0v) is 12.9. The highest BCUT2D eigenvalue weighted by Crippen LogP contribution is 2.19. The molecular weight excluding hydrogens is 254 g/mol. The van der Waals surface area contributed by atoms with Crippen LogP contribution in [-0.2, 0) is 4.79 Å². The van der Waals surface area contributed by atoms with Crippen LogP contribution >= 0.6 is 0 Å². The third kappa shape index (κ3) is 4.43. The van der Waals surface area contributed by atoms with E-state index in [4.69, 9.17) is 5.11 Å². The molecule has 0 radical (unpaired) electrons. The largest absolute Gasteiger partial charge is 0.480 e. The van der Waals surface area contributed by atoms with Crippen LogP contribution in [0.2, 0.25) is 0 Å². The number of rotatable bonds is 4. The van der Waals surface area contributed by atoms with Crippen LogP contribution in [0, 0.1) is 0 Å². The van der Waals surface area contributed by atoms with Gasteiger partial charge in [0.1, 0.15) is 0 Å². The second kappa shape index (κ2) is 7.38. The Kier molecular flexibility index (Phi) is 5.81. The van der Waals surface area contributed by atoms with E-state index in [-0.39, 0.29) is 6.54 Å². The van der Waals surface area contributed by atoms with Crippen molar-refractivity contribution >= 4 is 5.97 Å². The molecule has 2 rings (SSSR count). The summed E-state index contributed by atoms with van der Waals surface area (Å²) in [6.45, 7) is 11.1. The minimum atomic E-state index is -0.705. The molecule has 2 aliphatic rings. The van der Waals surface area contributed by atoms with Gasteiger partial charge in [-0.25, -0.2) is 0 Å². The fraction of sp³-hybridized carbons (Fsp3) is 0.933. The van der Waals surface area contributed by atoms with Gasteiger partial charge < -0.3 is 10.0 Å². The maximum atomic E-state index is 10.8. The summed E-state index contributed by atoms with van der Waals surface area (Å²) in [5.74, 6) is -0.705. The van der Waals surface area contributed by atoms with Crippen LogP contribution in [0.15, 0.2) is 0 Å². The summed E-state index contributed by atoms with van der Waals surface area (Å²) in [4.78, 5) is 18.0. The number of piperidine rings is 1. The lowest BCUT2D eigenvalue weighted by Crippen LogP contribution is -2.47. The normalized spacial score (nSPS) is 24.9. The van der Waals surface area contributed by atoms with Gasteiger partial charge in [-0.3, -0.25) is 14.6 Å². The maximum Gasteiger partial charge on any atom is 0.317 e. The van der Waals surface area contributed by atoms with E-state index in [1.165, 1.54) is 25.9 Å². The standard InChI is InChI=1S/C15H29N3O2/c1-13(2)17-8-4-14(5-9-17)18-7-3-6-16(10-11-18)12-15(19)20/h13-14H,3-12H2,1-2H3,(H,19,20). The number of hydrogen-bond donors (Lipinski definition) is 1. The highest BCUT2D eigenvalue weighted by atomic mass is 16.4. The molecule has 2 saturated heterocycles. The molecule has 5 nitrogen and oxygen atoms in total. The quantitative estimate of drug-likeness (QED) is 0.832. The van der Waals surface area contributed by atoms with Crippen molar-refractivity contribution in [2.45, 2.75) is 45.2 Å². The van der Waals surface area contributed by atoms with Crippen LogP contribution in [0.3, 0.4) is 0 Å². The Morgan fingerprint density at radius 2 is 1.80 bits per heavy atom. The molecule has 2 aliphatic heterocycles. The SMILES string of the molecule is CC(C)N1CCC(N2CCCN(CC(=O)O)CC2)CC1. The van der Waals surface area contributed by atoms with Gasteiger partial charge in [-0.2, -0.15) is 0 Å². The molecule has 0 saturated carbocycles. The first kappa shape index (κ1) is 15.7. The number of carbonyl (C=O) groups is 1. The van der Waals surface area contributed by atoms with Crippen molar-refractivity contribution in [3.8, 4) is 0 Å². The first-order valence-corrected chi connectivity index (χ1v) is 7.98. The Morgan fingerprint density at radius 1 is 1.10 bits per heavy atom. The molecule has 1 N–H and O–H groups in total. The van der Waals surface area contributed by atoms with Crippen molar-refractivity contribution in [2.75, 3.05) is 45.8 Å². The lowest BCUT2D eigenvalue weighted by molar-refractivity contribution is -0.138. The molecule has 116 valence electrons. The summed E-state index contributed by atoms with van der Waals surface area (Å²) in [6, 6.07) is 1.36. The van der Waals surface area contributed by atoms with E-state index in [1.54, 1.807) is 0 Å². The van der Waals surface area contributed by atoms with Crippen molar-refractivity contribution in [3.63, 3.8) is 0 Å². The van der Waals surface area contributed by atoms with Gasteiger partial charge in [0.05, 0.1) is 6.54 Å². The molecule has 0 bridgehead atoms. The van der Waals surface area contributed by atoms with E-state index in [1.807, 2.05) is 0 Å². The van der Waals surface area contributed by atoms with Crippen LogP contribution in [0.5, 0.6) is 0 Å². The average Bonchev–Trinajstić information content (AvgIpc) is 2.64. The van der Waals surface area contributed by atoms with Crippen molar-refractivity contribution in [1.82, 2.24) is 14.7 Å². The van der Waals surface area contributed by atoms with E-state index < -0.39 is 5.97 Å². The molecule has 0 aromatic rings. The molecule has 0 aromatic carbocycles. The molecule has 0 unspecified atom stereocenters. The summed E-state index contributed by atoms with van der Waals surface area (Å²) < 4.78 is 0. The van der Waals surface area contributed by atoms with Crippen molar-refractivity contribution < 1.29 is 9.90 Å². The molecule has 0 amide bonds. The number of carboxylic acid groups (broad SMARTS) is 1. The summed E-state index contributed by atoms with van der Waals surface area (Å²) in [7, 11) is 0. The lowest BCUT2D eigenvalue weighted by atomic mass is 10.0. The fourth-order valence-electron chi connectivity index (χ4n) is 3.47. The topological polar surface area (TPSA) is 47.0 Å². The van der Waals surface area contributed by atoms with E-state index in [9.17, 15) is 4.79 Å². The van der Waals surface area contributed by atoms with Gasteiger partial charge in [0, 0.05) is 31.7 Å². The van der Waals surface area contributed by atoms with Crippen molar-refractivity contribution in [1.29, 1.82) is 0 Å². The zero-order valence-electron chi connectivity index (χ0n) is 12.9. The van der Waals surface area contributed by atoms with Crippen molar-refractivity contribution in [2.24, 2.45) is 0 Å². The summed E-state index contributed by atoms with van der Waals surface area (Å²) in [5, 5.41) is 8.89. The minimum Gasteiger partial charge on any atom is -0.480 e. The maximum absolute atomic E-state index is 10.8. The second-order valence-electron chi connectivity index (χ2n) is 6.42. The monoisotopic (exact) mass is 283 g/mol. The Morgan fingerprint density at radius 3 is 2.40 bits per heavy atom. The molecule has 20 heavy (non-hydrogen) atoms. The molecule has 5 heteroatoms. The molecule has 0 spiro atoms. The predicted molar refractivity (Wildman–Crippen MR) is 80.0 cm³/mol. The second-order valence-corrected chi connectivity index (χ2v) is 6.42. The smallest absolute Gasteiger partial charge is 0.317 e. The van der Waals surface area contributed by atoms with Gasteiger partial charge in [-0.15, -0.1) is 0 Å². The van der Waals surface area contributed by atoms with E-state index in [2.05, 4.69) is 28.5 Å². The van der Waals surface area contributed by atoms with Gasteiger partial charge in [-0.05, 0) is 52.7 Å². The van der Waals surface area contributed by atoms with Gasteiger partial charge in [-0.1, -0.05) is 0 Å². The number of likely N-dealkylation sites (tertiary alicyclic amines) is 1. The third-order valence-electron chi connectivity index (χ3n) is 4.73. The fourth-order valence-corrected chi connectivity index (χ4v) is 3.47. The third-order valence-corrected chi connectivity index (χ3v) is 4.73. The van der Waals surface area contributed by atoms with Gasteiger partial charge in [0.15, 0.2) is 0 Å². The highest BCUT2D eigenvalue weighted by Gasteiger charge is 2.27. The van der Waals surface area contributed by atoms with E-state index >= 15 is 0 Å². The molecule has 2 fully saturated rings. The van der Waals surface area contributed by atoms with Crippen LogP contribution in [-0.4, -0.2) is 83.7 Å². The minimum absolute atomic E-state index is 0.194. The van der Waals surface area contributed by atoms with Gasteiger partial charge in [0.25, 0.3) is 0 Å². The Labute approximate surface area is 122 Å². The Balaban J connectivity index is 1.78. The number of nitrogens with zero attached hydrogens (tertiary/aromatic N) is 3. The highest BCUT2D eigenvalue weighted by molar-refractivity contribution is 5.69. The zero-order chi connectivity index (χ0) is 14.5. The molecule has 0 aromatic heterocycles. The van der Waals surface area contributed by atoms with Gasteiger partial charge in [0.2, 0.25) is 0 Å². The molecule has 2 heterocycles. The number of hydrogen-bond acceptors (Lipinski definition) is 4. The molecule has 0 atom stereocenters. The van der Waals surface area contributed by atoms with Crippen LogP contribution in [0.25, 0.3) is 0 Å².